The van der Waals surface area contributed by atoms with Crippen LogP contribution in [0.15, 0.2) is 0 Å². The van der Waals surface area contributed by atoms with E-state index in [9.17, 15) is 17.2 Å². The Labute approximate surface area is 74.5 Å². The minimum atomic E-state index is -5.58. The van der Waals surface area contributed by atoms with Crippen molar-refractivity contribution in [3.8, 4) is 0 Å². The highest BCUT2D eigenvalue weighted by Gasteiger charge is 2.51. The lowest BCUT2D eigenvalue weighted by atomic mass is 10.4. The number of rotatable bonds is 5. The van der Waals surface area contributed by atoms with Crippen molar-refractivity contribution in [1.29, 1.82) is 0 Å². The van der Waals surface area contributed by atoms with Crippen molar-refractivity contribution in [2.75, 3.05) is 6.54 Å². The molecule has 0 aliphatic carbocycles. The van der Waals surface area contributed by atoms with E-state index in [0.29, 0.717) is 6.42 Å². The largest absolute Gasteiger partial charge is 0.407 e. The number of nitrogens with one attached hydrogen (secondary N) is 1. The van der Waals surface area contributed by atoms with Gasteiger partial charge in [-0.15, -0.1) is 0 Å². The highest BCUT2D eigenvalue weighted by molar-refractivity contribution is 7.86. The van der Waals surface area contributed by atoms with Crippen LogP contribution in [0.4, 0.5) is 8.78 Å². The fourth-order valence-electron chi connectivity index (χ4n) is 0.541. The van der Waals surface area contributed by atoms with Crippen LogP contribution in [-0.2, 0) is 10.1 Å². The number of hydrogen-bond acceptors (Lipinski definition) is 4. The summed E-state index contributed by atoms with van der Waals surface area (Å²) in [5, 5.41) is 5.91. The third kappa shape index (κ3) is 3.14. The predicted molar refractivity (Wildman–Crippen MR) is 40.8 cm³/mol. The number of hydrogen-bond donors (Lipinski definition) is 3. The van der Waals surface area contributed by atoms with E-state index in [-0.39, 0.29) is 6.54 Å². The fourth-order valence-corrected chi connectivity index (χ4v) is 0.906. The van der Waals surface area contributed by atoms with Crippen LogP contribution in [-0.4, -0.2) is 36.1 Å². The molecule has 0 aliphatic heterocycles. The normalized spacial score (nSPS) is 15.8. The van der Waals surface area contributed by atoms with Crippen molar-refractivity contribution in [2.24, 2.45) is 0 Å². The molecule has 0 radical (unpaired) electrons. The van der Waals surface area contributed by atoms with E-state index in [0.717, 1.165) is 0 Å². The first-order valence-electron chi connectivity index (χ1n) is 3.49. The van der Waals surface area contributed by atoms with Crippen molar-refractivity contribution in [1.82, 2.24) is 5.32 Å². The second-order valence-electron chi connectivity index (χ2n) is 2.39. The first-order chi connectivity index (χ1) is 5.73. The molecule has 0 aromatic carbocycles. The lowest BCUT2D eigenvalue weighted by Crippen LogP contribution is -2.49. The first-order valence-corrected chi connectivity index (χ1v) is 4.93. The second-order valence-corrected chi connectivity index (χ2v) is 3.89. The molecule has 13 heavy (non-hydrogen) atoms. The molecular weight excluding hydrogens is 208 g/mol. The molecule has 0 heterocycles. The molecule has 0 fully saturated rings. The summed E-state index contributed by atoms with van der Waals surface area (Å²) in [6, 6.07) is 0. The number of aliphatic hydroxyl groups excluding tert-OH is 1. The average Bonchev–Trinajstić information content (AvgIpc) is 1.97. The van der Waals surface area contributed by atoms with Gasteiger partial charge in [0.1, 0.15) is 0 Å². The van der Waals surface area contributed by atoms with Crippen molar-refractivity contribution in [3.63, 3.8) is 0 Å². The van der Waals surface area contributed by atoms with E-state index in [4.69, 9.17) is 9.66 Å². The van der Waals surface area contributed by atoms with E-state index >= 15 is 0 Å². The SMILES string of the molecule is CCCNC(O)C(F)(F)S(=O)(=O)O. The van der Waals surface area contributed by atoms with Crippen molar-refractivity contribution >= 4 is 10.1 Å². The zero-order valence-electron chi connectivity index (χ0n) is 6.87. The fraction of sp³-hybridized carbons (Fsp3) is 1.00. The quantitative estimate of drug-likeness (QED) is 0.440. The Morgan fingerprint density at radius 1 is 1.54 bits per heavy atom. The summed E-state index contributed by atoms with van der Waals surface area (Å²) in [4.78, 5) is 0. The smallest absolute Gasteiger partial charge is 0.371 e. The van der Waals surface area contributed by atoms with E-state index in [1.807, 2.05) is 5.32 Å². The molecule has 0 rings (SSSR count). The summed E-state index contributed by atoms with van der Waals surface area (Å²) >= 11 is 0. The van der Waals surface area contributed by atoms with Crippen LogP contribution in [0, 0.1) is 0 Å². The summed E-state index contributed by atoms with van der Waals surface area (Å²) in [7, 11) is -5.58. The van der Waals surface area contributed by atoms with Gasteiger partial charge in [-0.1, -0.05) is 6.92 Å². The maximum absolute atomic E-state index is 12.5. The van der Waals surface area contributed by atoms with Crippen molar-refractivity contribution in [2.45, 2.75) is 24.8 Å². The zero-order chi connectivity index (χ0) is 10.7. The third-order valence-electron chi connectivity index (χ3n) is 1.25. The third-order valence-corrected chi connectivity index (χ3v) is 2.16. The Morgan fingerprint density at radius 3 is 2.31 bits per heavy atom. The molecule has 0 bridgehead atoms. The average molecular weight is 219 g/mol. The van der Waals surface area contributed by atoms with Crippen LogP contribution in [0.5, 0.6) is 0 Å². The monoisotopic (exact) mass is 219 g/mol. The molecule has 0 aliphatic rings. The van der Waals surface area contributed by atoms with Crippen molar-refractivity contribution in [3.05, 3.63) is 0 Å². The van der Waals surface area contributed by atoms with Gasteiger partial charge < -0.3 is 5.11 Å². The van der Waals surface area contributed by atoms with Gasteiger partial charge in [-0.25, -0.2) is 0 Å². The molecule has 0 aromatic rings. The summed E-state index contributed by atoms with van der Waals surface area (Å²) in [5.74, 6) is 0. The Hall–Kier alpha value is -0.310. The summed E-state index contributed by atoms with van der Waals surface area (Å²) in [5.41, 5.74) is 0. The van der Waals surface area contributed by atoms with Crippen molar-refractivity contribution < 1.29 is 26.9 Å². The molecule has 3 N–H and O–H groups in total. The Balaban J connectivity index is 4.46. The van der Waals surface area contributed by atoms with Gasteiger partial charge in [-0.3, -0.25) is 9.87 Å². The van der Waals surface area contributed by atoms with E-state index in [2.05, 4.69) is 0 Å². The lowest BCUT2D eigenvalue weighted by molar-refractivity contribution is -0.0636. The Kier molecular flexibility index (Phi) is 4.17. The molecule has 0 saturated heterocycles. The van der Waals surface area contributed by atoms with Crippen LogP contribution in [0.2, 0.25) is 0 Å². The van der Waals surface area contributed by atoms with Gasteiger partial charge in [0.15, 0.2) is 6.23 Å². The molecule has 1 unspecified atom stereocenters. The molecule has 5 nitrogen and oxygen atoms in total. The Morgan fingerprint density at radius 2 is 2.00 bits per heavy atom. The molecular formula is C5H11F2NO4S. The first kappa shape index (κ1) is 12.7. The Bertz CT molecular complexity index is 253. The standard InChI is InChI=1S/C5H11F2NO4S/c1-2-3-8-4(9)5(6,7)13(10,11)12/h4,8-9H,2-3H2,1H3,(H,10,11,12). The van der Waals surface area contributed by atoms with Gasteiger partial charge in [-0.05, 0) is 13.0 Å². The highest BCUT2D eigenvalue weighted by atomic mass is 32.2. The number of aliphatic hydroxyl groups is 1. The van der Waals surface area contributed by atoms with Crippen LogP contribution >= 0.6 is 0 Å². The summed E-state index contributed by atoms with van der Waals surface area (Å²) in [6.07, 6.45) is -2.15. The highest BCUT2D eigenvalue weighted by Crippen LogP contribution is 2.23. The summed E-state index contributed by atoms with van der Waals surface area (Å²) in [6.45, 7) is 1.66. The number of halogens is 2. The lowest BCUT2D eigenvalue weighted by Gasteiger charge is -2.19. The second kappa shape index (κ2) is 4.27. The minimum absolute atomic E-state index is 0.0201. The van der Waals surface area contributed by atoms with Crippen LogP contribution in [0.25, 0.3) is 0 Å². The predicted octanol–water partition coefficient (Wildman–Crippen LogP) is -0.215. The molecule has 0 amide bonds. The van der Waals surface area contributed by atoms with Crippen LogP contribution < -0.4 is 5.32 Å². The molecule has 0 saturated carbocycles. The molecule has 80 valence electrons. The van der Waals surface area contributed by atoms with Gasteiger partial charge in [0.25, 0.3) is 0 Å². The van der Waals surface area contributed by atoms with Crippen LogP contribution in [0.3, 0.4) is 0 Å². The van der Waals surface area contributed by atoms with Gasteiger partial charge in [-0.2, -0.15) is 17.2 Å². The van der Waals surface area contributed by atoms with E-state index in [1.165, 1.54) is 0 Å². The zero-order valence-corrected chi connectivity index (χ0v) is 7.68. The van der Waals surface area contributed by atoms with E-state index in [1.54, 1.807) is 6.92 Å². The van der Waals surface area contributed by atoms with Gasteiger partial charge >= 0.3 is 15.4 Å². The maximum Gasteiger partial charge on any atom is 0.407 e. The molecule has 1 atom stereocenters. The summed E-state index contributed by atoms with van der Waals surface area (Å²) < 4.78 is 53.2. The topological polar surface area (TPSA) is 86.6 Å². The van der Waals surface area contributed by atoms with Gasteiger partial charge in [0.2, 0.25) is 0 Å². The van der Waals surface area contributed by atoms with E-state index < -0.39 is 21.6 Å². The van der Waals surface area contributed by atoms with Crippen LogP contribution in [0.1, 0.15) is 13.3 Å². The molecule has 8 heteroatoms. The minimum Gasteiger partial charge on any atom is -0.371 e. The molecule has 0 spiro atoms. The van der Waals surface area contributed by atoms with Gasteiger partial charge in [0.05, 0.1) is 0 Å². The molecule has 0 aromatic heterocycles. The van der Waals surface area contributed by atoms with Gasteiger partial charge in [0, 0.05) is 0 Å². The number of alkyl halides is 2. The maximum atomic E-state index is 12.5.